The minimum atomic E-state index is 0.280. The van der Waals surface area contributed by atoms with Gasteiger partial charge in [0.25, 0.3) is 0 Å². The fourth-order valence-corrected chi connectivity index (χ4v) is 4.07. The van der Waals surface area contributed by atoms with Crippen molar-refractivity contribution in [1.29, 1.82) is 0 Å². The van der Waals surface area contributed by atoms with Crippen molar-refractivity contribution in [3.63, 3.8) is 0 Å². The zero-order chi connectivity index (χ0) is 21.9. The molecule has 0 radical (unpaired) electrons. The van der Waals surface area contributed by atoms with Gasteiger partial charge in [-0.1, -0.05) is 36.4 Å². The number of nitrogens with one attached hydrogen (secondary N) is 2. The number of hydrogen-bond donors (Lipinski definition) is 2. The van der Waals surface area contributed by atoms with Gasteiger partial charge in [-0.25, -0.2) is 4.99 Å². The van der Waals surface area contributed by atoms with Crippen LogP contribution in [0, 0.1) is 0 Å². The van der Waals surface area contributed by atoms with E-state index in [1.807, 2.05) is 12.1 Å². The molecule has 0 bridgehead atoms. The standard InChI is InChI=1S/C25H36N4O2/c1-4-26-25(27-17-21-10-5-6-11-22(21)19-30-2)28-18-24(29-14-7-8-15-29)20-12-9-13-23(16-20)31-3/h5-6,9-13,16,24H,4,7-8,14-15,17-19H2,1-3H3,(H2,26,27,28). The highest BCUT2D eigenvalue weighted by atomic mass is 16.5. The summed E-state index contributed by atoms with van der Waals surface area (Å²) in [7, 11) is 3.45. The Morgan fingerprint density at radius 2 is 1.81 bits per heavy atom. The third-order valence-corrected chi connectivity index (χ3v) is 5.69. The van der Waals surface area contributed by atoms with E-state index in [0.717, 1.165) is 37.9 Å². The molecule has 1 saturated heterocycles. The predicted octanol–water partition coefficient (Wildman–Crippen LogP) is 3.73. The van der Waals surface area contributed by atoms with Gasteiger partial charge in [-0.05, 0) is 61.7 Å². The van der Waals surface area contributed by atoms with Crippen LogP contribution in [0.4, 0.5) is 0 Å². The van der Waals surface area contributed by atoms with Crippen molar-refractivity contribution in [1.82, 2.24) is 15.5 Å². The Kier molecular flexibility index (Phi) is 9.18. The van der Waals surface area contributed by atoms with Gasteiger partial charge in [0.2, 0.25) is 0 Å². The maximum atomic E-state index is 5.47. The van der Waals surface area contributed by atoms with E-state index in [-0.39, 0.29) is 6.04 Å². The molecule has 168 valence electrons. The highest BCUT2D eigenvalue weighted by Gasteiger charge is 2.24. The van der Waals surface area contributed by atoms with Gasteiger partial charge in [-0.3, -0.25) is 4.90 Å². The molecule has 6 heteroatoms. The van der Waals surface area contributed by atoms with Crippen LogP contribution in [0.5, 0.6) is 5.75 Å². The van der Waals surface area contributed by atoms with Crippen molar-refractivity contribution >= 4 is 5.96 Å². The predicted molar refractivity (Wildman–Crippen MR) is 127 cm³/mol. The van der Waals surface area contributed by atoms with Crippen molar-refractivity contribution in [2.45, 2.75) is 39.0 Å². The van der Waals surface area contributed by atoms with E-state index < -0.39 is 0 Å². The number of guanidine groups is 1. The van der Waals surface area contributed by atoms with Gasteiger partial charge in [0.05, 0.1) is 26.3 Å². The molecule has 2 aromatic carbocycles. The molecule has 1 aliphatic heterocycles. The molecule has 1 unspecified atom stereocenters. The Hall–Kier alpha value is -2.57. The Bertz CT molecular complexity index is 834. The molecular weight excluding hydrogens is 388 g/mol. The molecule has 2 N–H and O–H groups in total. The lowest BCUT2D eigenvalue weighted by Gasteiger charge is -2.29. The maximum Gasteiger partial charge on any atom is 0.191 e. The summed E-state index contributed by atoms with van der Waals surface area (Å²) in [6.45, 7) is 7.17. The summed E-state index contributed by atoms with van der Waals surface area (Å²) < 4.78 is 10.8. The van der Waals surface area contributed by atoms with E-state index in [0.29, 0.717) is 13.2 Å². The van der Waals surface area contributed by atoms with E-state index in [4.69, 9.17) is 14.5 Å². The molecule has 0 aromatic heterocycles. The van der Waals surface area contributed by atoms with E-state index in [1.165, 1.54) is 29.5 Å². The van der Waals surface area contributed by atoms with Gasteiger partial charge in [-0.2, -0.15) is 0 Å². The lowest BCUT2D eigenvalue weighted by Crippen LogP contribution is -2.42. The van der Waals surface area contributed by atoms with Crippen molar-refractivity contribution in [2.75, 3.05) is 40.4 Å². The van der Waals surface area contributed by atoms with Crippen LogP contribution in [-0.4, -0.2) is 51.3 Å². The largest absolute Gasteiger partial charge is 0.497 e. The van der Waals surface area contributed by atoms with Crippen LogP contribution in [0.3, 0.4) is 0 Å². The Labute approximate surface area is 186 Å². The summed E-state index contributed by atoms with van der Waals surface area (Å²) in [5, 5.41) is 6.97. The van der Waals surface area contributed by atoms with E-state index in [9.17, 15) is 0 Å². The molecule has 31 heavy (non-hydrogen) atoms. The number of likely N-dealkylation sites (tertiary alicyclic amines) is 1. The monoisotopic (exact) mass is 424 g/mol. The van der Waals surface area contributed by atoms with Crippen LogP contribution in [0.2, 0.25) is 0 Å². The van der Waals surface area contributed by atoms with E-state index in [1.54, 1.807) is 14.2 Å². The second-order valence-corrected chi connectivity index (χ2v) is 7.81. The molecule has 0 spiro atoms. The number of nitrogens with zero attached hydrogens (tertiary/aromatic N) is 2. The summed E-state index contributed by atoms with van der Waals surface area (Å²) >= 11 is 0. The third-order valence-electron chi connectivity index (χ3n) is 5.69. The van der Waals surface area contributed by atoms with Gasteiger partial charge in [-0.15, -0.1) is 0 Å². The second-order valence-electron chi connectivity index (χ2n) is 7.81. The summed E-state index contributed by atoms with van der Waals surface area (Å²) in [6, 6.07) is 17.0. The second kappa shape index (κ2) is 12.3. The average Bonchev–Trinajstić information content (AvgIpc) is 3.33. The zero-order valence-corrected chi connectivity index (χ0v) is 19.1. The SMILES string of the molecule is CCNC(=NCc1ccccc1COC)NCC(c1cccc(OC)c1)N1CCCC1. The van der Waals surface area contributed by atoms with Gasteiger partial charge < -0.3 is 20.1 Å². The number of hydrogen-bond acceptors (Lipinski definition) is 4. The van der Waals surface area contributed by atoms with Gasteiger partial charge in [0.15, 0.2) is 5.96 Å². The third kappa shape index (κ3) is 6.71. The van der Waals surface area contributed by atoms with Gasteiger partial charge >= 0.3 is 0 Å². The Morgan fingerprint density at radius 1 is 1.03 bits per heavy atom. The Morgan fingerprint density at radius 3 is 2.52 bits per heavy atom. The molecule has 1 fully saturated rings. The molecule has 0 amide bonds. The first-order chi connectivity index (χ1) is 15.2. The van der Waals surface area contributed by atoms with Crippen molar-refractivity contribution < 1.29 is 9.47 Å². The number of rotatable bonds is 10. The van der Waals surface area contributed by atoms with E-state index in [2.05, 4.69) is 58.9 Å². The highest BCUT2D eigenvalue weighted by molar-refractivity contribution is 5.79. The minimum Gasteiger partial charge on any atom is -0.497 e. The van der Waals surface area contributed by atoms with Crippen LogP contribution in [0.25, 0.3) is 0 Å². The average molecular weight is 425 g/mol. The van der Waals surface area contributed by atoms with Crippen LogP contribution in [0.15, 0.2) is 53.5 Å². The quantitative estimate of drug-likeness (QED) is 0.450. The minimum absolute atomic E-state index is 0.280. The summed E-state index contributed by atoms with van der Waals surface area (Å²) in [5.41, 5.74) is 3.64. The number of aliphatic imine (C=N–C) groups is 1. The van der Waals surface area contributed by atoms with Crippen LogP contribution >= 0.6 is 0 Å². The molecular formula is C25H36N4O2. The molecule has 0 aliphatic carbocycles. The van der Waals surface area contributed by atoms with E-state index >= 15 is 0 Å². The zero-order valence-electron chi connectivity index (χ0n) is 19.1. The summed E-state index contributed by atoms with van der Waals surface area (Å²) in [5.74, 6) is 1.74. The maximum absolute atomic E-state index is 5.47. The molecule has 1 heterocycles. The van der Waals surface area contributed by atoms with Crippen molar-refractivity contribution in [2.24, 2.45) is 4.99 Å². The fraction of sp³-hybridized carbons (Fsp3) is 0.480. The van der Waals surface area contributed by atoms with Crippen molar-refractivity contribution in [3.8, 4) is 5.75 Å². The summed E-state index contributed by atoms with van der Waals surface area (Å²) in [6.07, 6.45) is 2.51. The number of benzene rings is 2. The number of methoxy groups -OCH3 is 2. The first kappa shape index (κ1) is 23.1. The molecule has 2 aromatic rings. The molecule has 6 nitrogen and oxygen atoms in total. The highest BCUT2D eigenvalue weighted by Crippen LogP contribution is 2.27. The smallest absolute Gasteiger partial charge is 0.191 e. The number of ether oxygens (including phenoxy) is 2. The molecule has 1 atom stereocenters. The molecule has 3 rings (SSSR count). The van der Waals surface area contributed by atoms with Crippen LogP contribution in [-0.2, 0) is 17.9 Å². The summed E-state index contributed by atoms with van der Waals surface area (Å²) in [4.78, 5) is 7.40. The first-order valence-corrected chi connectivity index (χ1v) is 11.2. The lowest BCUT2D eigenvalue weighted by molar-refractivity contribution is 0.184. The van der Waals surface area contributed by atoms with Gasteiger partial charge in [0.1, 0.15) is 5.75 Å². The fourth-order valence-electron chi connectivity index (χ4n) is 4.07. The van der Waals surface area contributed by atoms with Crippen LogP contribution in [0.1, 0.15) is 42.5 Å². The first-order valence-electron chi connectivity index (χ1n) is 11.2. The normalized spacial score (nSPS) is 15.6. The molecule has 0 saturated carbocycles. The Balaban J connectivity index is 1.73. The lowest BCUT2D eigenvalue weighted by atomic mass is 10.1. The topological polar surface area (TPSA) is 58.1 Å². The van der Waals surface area contributed by atoms with Crippen molar-refractivity contribution in [3.05, 3.63) is 65.2 Å². The molecule has 1 aliphatic rings. The van der Waals surface area contributed by atoms with Crippen LogP contribution < -0.4 is 15.4 Å². The van der Waals surface area contributed by atoms with Gasteiger partial charge in [0, 0.05) is 20.2 Å².